The van der Waals surface area contributed by atoms with Crippen LogP contribution in [0.4, 0.5) is 10.2 Å². The number of pyridine rings is 1. The molecule has 37 heavy (non-hydrogen) atoms. The highest BCUT2D eigenvalue weighted by molar-refractivity contribution is 7.83. The van der Waals surface area contributed by atoms with E-state index in [2.05, 4.69) is 19.9 Å². The third-order valence-electron chi connectivity index (χ3n) is 5.92. The molecular formula is C25H26FN5O5S. The molecule has 1 unspecified atom stereocenters. The maximum Gasteiger partial charge on any atom is 0.193 e. The Morgan fingerprint density at radius 1 is 1.08 bits per heavy atom. The number of fused-ring (bicyclic) bond motifs is 2. The average Bonchev–Trinajstić information content (AvgIpc) is 3.55. The highest BCUT2D eigenvalue weighted by Gasteiger charge is 2.48. The fraction of sp³-hybridized carbons (Fsp3) is 0.320. The Kier molecular flexibility index (Phi) is 7.15. The Labute approximate surface area is 214 Å². The van der Waals surface area contributed by atoms with Gasteiger partial charge in [-0.2, -0.15) is 0 Å². The standard InChI is InChI=1S/C23H20FN5O4.C2H6OS/c24-13-5-14-15(6-20(28-14)33-18-10-32-22-17(30)9-31-23(18)22)29-21(13)12-3-1-11(2-4-12)16-7-27-19(25)8-26-16;1-4(2)3/h1-8,17-18,22-23,28,30H,9-10H2,(H2,25,27);1-2H3/t17-,18-,22?,23-;/m1./s1. The minimum atomic E-state index is -0.650. The summed E-state index contributed by atoms with van der Waals surface area (Å²) >= 11 is 0. The summed E-state index contributed by atoms with van der Waals surface area (Å²) in [5.74, 6) is 0.325. The molecule has 4 atom stereocenters. The van der Waals surface area contributed by atoms with Crippen molar-refractivity contribution in [3.63, 3.8) is 0 Å². The number of benzene rings is 1. The number of aromatic nitrogens is 4. The Bertz CT molecular complexity index is 1410. The fourth-order valence-electron chi connectivity index (χ4n) is 4.27. The first kappa shape index (κ1) is 25.2. The maximum atomic E-state index is 14.9. The number of anilines is 1. The fourth-order valence-corrected chi connectivity index (χ4v) is 4.27. The lowest BCUT2D eigenvalue weighted by Gasteiger charge is -2.16. The predicted molar refractivity (Wildman–Crippen MR) is 137 cm³/mol. The van der Waals surface area contributed by atoms with E-state index in [-0.39, 0.29) is 30.6 Å². The number of aliphatic hydroxyl groups excluding tert-OH is 1. The van der Waals surface area contributed by atoms with Gasteiger partial charge in [0.25, 0.3) is 0 Å². The Hall–Kier alpha value is -3.45. The van der Waals surface area contributed by atoms with Gasteiger partial charge >= 0.3 is 0 Å². The quantitative estimate of drug-likeness (QED) is 0.364. The second kappa shape index (κ2) is 10.5. The van der Waals surface area contributed by atoms with Crippen LogP contribution in [-0.2, 0) is 20.3 Å². The topological polar surface area (TPSA) is 145 Å². The van der Waals surface area contributed by atoms with Gasteiger partial charge in [0.15, 0.2) is 17.8 Å². The van der Waals surface area contributed by atoms with Gasteiger partial charge in [-0.05, 0) is 0 Å². The van der Waals surface area contributed by atoms with Gasteiger partial charge in [0.05, 0.1) is 42.3 Å². The lowest BCUT2D eigenvalue weighted by atomic mass is 10.1. The number of hydrogen-bond donors (Lipinski definition) is 3. The van der Waals surface area contributed by atoms with Crippen molar-refractivity contribution in [3.05, 3.63) is 54.6 Å². The summed E-state index contributed by atoms with van der Waals surface area (Å²) in [6.07, 6.45) is 4.62. The van der Waals surface area contributed by atoms with E-state index >= 15 is 0 Å². The zero-order valence-electron chi connectivity index (χ0n) is 20.1. The van der Waals surface area contributed by atoms with Crippen molar-refractivity contribution >= 4 is 27.7 Å². The Balaban J connectivity index is 0.000000655. The highest BCUT2D eigenvalue weighted by Crippen LogP contribution is 2.32. The van der Waals surface area contributed by atoms with Gasteiger partial charge in [0, 0.05) is 46.6 Å². The molecule has 12 heteroatoms. The maximum absolute atomic E-state index is 14.9. The summed E-state index contributed by atoms with van der Waals surface area (Å²) in [6.45, 7) is 0.529. The summed E-state index contributed by atoms with van der Waals surface area (Å²) in [5, 5.41) is 9.88. The van der Waals surface area contributed by atoms with E-state index in [0.29, 0.717) is 40.6 Å². The van der Waals surface area contributed by atoms with Gasteiger partial charge in [-0.15, -0.1) is 0 Å². The molecule has 2 saturated heterocycles. The molecule has 2 aliphatic rings. The first-order valence-electron chi connectivity index (χ1n) is 11.5. The van der Waals surface area contributed by atoms with E-state index in [1.54, 1.807) is 36.9 Å². The number of ether oxygens (including phenoxy) is 3. The second-order valence-electron chi connectivity index (χ2n) is 8.85. The van der Waals surface area contributed by atoms with Crippen LogP contribution < -0.4 is 10.5 Å². The second-order valence-corrected chi connectivity index (χ2v) is 10.3. The van der Waals surface area contributed by atoms with Crippen molar-refractivity contribution < 1.29 is 27.9 Å². The van der Waals surface area contributed by atoms with Crippen LogP contribution >= 0.6 is 0 Å². The first-order valence-corrected chi connectivity index (χ1v) is 13.5. The number of hydrogen-bond acceptors (Lipinski definition) is 9. The summed E-state index contributed by atoms with van der Waals surface area (Å²) in [6, 6.07) is 10.3. The Morgan fingerprint density at radius 3 is 2.49 bits per heavy atom. The number of H-pyrrole nitrogens is 1. The van der Waals surface area contributed by atoms with Crippen molar-refractivity contribution in [3.8, 4) is 28.4 Å². The van der Waals surface area contributed by atoms with E-state index in [4.69, 9.17) is 19.9 Å². The molecule has 0 bridgehead atoms. The molecule has 0 amide bonds. The molecule has 3 aromatic heterocycles. The van der Waals surface area contributed by atoms with Gasteiger partial charge in [-0.3, -0.25) is 9.19 Å². The minimum absolute atomic E-state index is 0.224. The molecule has 2 aliphatic heterocycles. The van der Waals surface area contributed by atoms with Crippen LogP contribution in [0.1, 0.15) is 0 Å². The minimum Gasteiger partial charge on any atom is -0.470 e. The van der Waals surface area contributed by atoms with Crippen LogP contribution in [0, 0.1) is 5.82 Å². The lowest BCUT2D eigenvalue weighted by molar-refractivity contribution is 0.00794. The van der Waals surface area contributed by atoms with Crippen LogP contribution in [0.2, 0.25) is 0 Å². The molecule has 0 radical (unpaired) electrons. The molecule has 4 N–H and O–H groups in total. The first-order chi connectivity index (χ1) is 17.8. The van der Waals surface area contributed by atoms with E-state index in [1.807, 2.05) is 12.1 Å². The summed E-state index contributed by atoms with van der Waals surface area (Å²) in [5.41, 5.74) is 9.03. The number of rotatable bonds is 4. The van der Waals surface area contributed by atoms with Gasteiger partial charge in [-0.25, -0.2) is 14.4 Å². The molecule has 6 rings (SSSR count). The number of nitrogen functional groups attached to an aromatic ring is 1. The van der Waals surface area contributed by atoms with Crippen LogP contribution in [0.15, 0.2) is 48.8 Å². The smallest absolute Gasteiger partial charge is 0.193 e. The zero-order valence-corrected chi connectivity index (χ0v) is 20.9. The SMILES string of the molecule is CS(C)=O.Nc1cnc(-c2ccc(-c3nc4cc(O[C@@H]5COC6[C@H](O)CO[C@@H]65)[nH]c4cc3F)cc2)cn1. The van der Waals surface area contributed by atoms with Crippen LogP contribution in [-0.4, -0.2) is 79.4 Å². The van der Waals surface area contributed by atoms with E-state index in [9.17, 15) is 13.7 Å². The molecule has 4 aromatic rings. The molecular weight excluding hydrogens is 501 g/mol. The molecule has 5 heterocycles. The van der Waals surface area contributed by atoms with Crippen LogP contribution in [0.25, 0.3) is 33.5 Å². The van der Waals surface area contributed by atoms with Crippen LogP contribution in [0.5, 0.6) is 5.88 Å². The highest BCUT2D eigenvalue weighted by atomic mass is 32.2. The molecule has 0 aliphatic carbocycles. The molecule has 194 valence electrons. The van der Waals surface area contributed by atoms with Gasteiger partial charge in [-0.1, -0.05) is 24.3 Å². The van der Waals surface area contributed by atoms with Crippen molar-refractivity contribution in [2.45, 2.75) is 24.4 Å². The van der Waals surface area contributed by atoms with Gasteiger partial charge in [0.1, 0.15) is 29.8 Å². The number of aliphatic hydroxyl groups is 1. The summed E-state index contributed by atoms with van der Waals surface area (Å²) in [4.78, 5) is 15.8. The van der Waals surface area contributed by atoms with E-state index in [0.717, 1.165) is 5.56 Å². The monoisotopic (exact) mass is 527 g/mol. The number of halogens is 1. The van der Waals surface area contributed by atoms with E-state index in [1.165, 1.54) is 12.3 Å². The number of nitrogens with zero attached hydrogens (tertiary/aromatic N) is 3. The largest absolute Gasteiger partial charge is 0.470 e. The third kappa shape index (κ3) is 5.47. The molecule has 1 aromatic carbocycles. The van der Waals surface area contributed by atoms with Crippen molar-refractivity contribution in [1.82, 2.24) is 19.9 Å². The van der Waals surface area contributed by atoms with Crippen LogP contribution in [0.3, 0.4) is 0 Å². The van der Waals surface area contributed by atoms with E-state index < -0.39 is 22.7 Å². The summed E-state index contributed by atoms with van der Waals surface area (Å²) in [7, 11) is -0.611. The number of nitrogens with two attached hydrogens (primary N) is 1. The normalized spacial score (nSPS) is 22.6. The van der Waals surface area contributed by atoms with Gasteiger partial charge < -0.3 is 30.0 Å². The summed E-state index contributed by atoms with van der Waals surface area (Å²) < 4.78 is 41.6. The number of nitrogens with one attached hydrogen (secondary N) is 1. The van der Waals surface area contributed by atoms with Crippen molar-refractivity contribution in [1.29, 1.82) is 0 Å². The third-order valence-corrected chi connectivity index (χ3v) is 5.92. The molecule has 10 nitrogen and oxygen atoms in total. The molecule has 0 spiro atoms. The number of aromatic amines is 1. The Morgan fingerprint density at radius 2 is 1.78 bits per heavy atom. The zero-order chi connectivity index (χ0) is 26.1. The average molecular weight is 528 g/mol. The predicted octanol–water partition coefficient (Wildman–Crippen LogP) is 2.31. The molecule has 2 fully saturated rings. The lowest BCUT2D eigenvalue weighted by Crippen LogP contribution is -2.34. The van der Waals surface area contributed by atoms with Crippen molar-refractivity contribution in [2.24, 2.45) is 0 Å². The molecule has 0 saturated carbocycles. The van der Waals surface area contributed by atoms with Gasteiger partial charge in [0.2, 0.25) is 0 Å². The van der Waals surface area contributed by atoms with Crippen molar-refractivity contribution in [2.75, 3.05) is 31.5 Å².